The summed E-state index contributed by atoms with van der Waals surface area (Å²) in [5, 5.41) is 29.7. The number of fused-ring (bicyclic) bond motifs is 8. The maximum atomic E-state index is 15.1. The van der Waals surface area contributed by atoms with Crippen LogP contribution in [-0.4, -0.2) is 112 Å². The Morgan fingerprint density at radius 2 is 1.19 bits per heavy atom. The lowest BCUT2D eigenvalue weighted by atomic mass is 10.1. The van der Waals surface area contributed by atoms with Crippen LogP contribution >= 0.6 is 0 Å². The molecule has 2 saturated heterocycles. The second-order valence-electron chi connectivity index (χ2n) is 15.8. The monoisotopic (exact) mass is 894 g/mol. The summed E-state index contributed by atoms with van der Waals surface area (Å²) in [6, 6.07) is 5.59. The van der Waals surface area contributed by atoms with E-state index in [1.165, 1.54) is 37.4 Å². The van der Waals surface area contributed by atoms with Crippen LogP contribution in [0, 0.1) is 23.3 Å². The minimum atomic E-state index is -1.26. The normalized spacial score (nSPS) is 18.4. The van der Waals surface area contributed by atoms with Crippen molar-refractivity contribution in [1.82, 2.24) is 29.8 Å². The number of nitrogens with zero attached hydrogens (tertiary/aromatic N) is 6. The van der Waals surface area contributed by atoms with Crippen molar-refractivity contribution in [3.8, 4) is 11.5 Å². The van der Waals surface area contributed by atoms with Crippen LogP contribution in [-0.2, 0) is 29.2 Å². The van der Waals surface area contributed by atoms with E-state index < -0.39 is 99.6 Å². The van der Waals surface area contributed by atoms with Gasteiger partial charge in [-0.1, -0.05) is 12.1 Å². The van der Waals surface area contributed by atoms with E-state index in [2.05, 4.69) is 10.6 Å². The highest BCUT2D eigenvalue weighted by Crippen LogP contribution is 2.27. The molecule has 4 N–H and O–H groups in total. The lowest BCUT2D eigenvalue weighted by Gasteiger charge is -2.42. The number of carbonyl (C=O) groups is 4. The first-order valence-electron chi connectivity index (χ1n) is 20.3. The first-order valence-corrected chi connectivity index (χ1v) is 20.3. The van der Waals surface area contributed by atoms with Crippen molar-refractivity contribution in [1.29, 1.82) is 0 Å². The smallest absolute Gasteiger partial charge is 0.277 e. The van der Waals surface area contributed by atoms with Gasteiger partial charge in [-0.2, -0.15) is 0 Å². The predicted molar refractivity (Wildman–Crippen MR) is 216 cm³/mol. The molecular formula is C42H42F4N8O10. The quantitative estimate of drug-likeness (QED) is 0.168. The summed E-state index contributed by atoms with van der Waals surface area (Å²) in [5.41, 5.74) is -4.31. The van der Waals surface area contributed by atoms with Gasteiger partial charge in [0.1, 0.15) is 24.5 Å². The fraction of sp³-hybridized carbons (Fsp3) is 0.381. The Balaban J connectivity index is 0.934. The summed E-state index contributed by atoms with van der Waals surface area (Å²) in [4.78, 5) is 82.4. The molecule has 22 heteroatoms. The van der Waals surface area contributed by atoms with E-state index >= 15 is 4.39 Å². The topological polar surface area (TPSA) is 208 Å². The van der Waals surface area contributed by atoms with Crippen LogP contribution in [0.5, 0.6) is 11.5 Å². The molecule has 4 amide bonds. The minimum absolute atomic E-state index is 0.00999. The number of ether oxygens (including phenoxy) is 2. The molecule has 0 radical (unpaired) electrons. The van der Waals surface area contributed by atoms with E-state index in [1.807, 2.05) is 0 Å². The molecule has 4 aromatic rings. The number of carbonyl (C=O) groups excluding carboxylic acids is 4. The summed E-state index contributed by atoms with van der Waals surface area (Å²) < 4.78 is 72.0. The van der Waals surface area contributed by atoms with Crippen molar-refractivity contribution in [3.05, 3.63) is 126 Å². The average Bonchev–Trinajstić information content (AvgIpc) is 3.26. The average molecular weight is 895 g/mol. The zero-order valence-corrected chi connectivity index (χ0v) is 34.2. The number of hydrogen-bond donors (Lipinski definition) is 4. The third kappa shape index (κ3) is 8.20. The largest absolute Gasteiger partial charge is 0.502 e. The van der Waals surface area contributed by atoms with E-state index in [-0.39, 0.29) is 73.6 Å². The molecule has 0 saturated carbocycles. The van der Waals surface area contributed by atoms with Crippen LogP contribution in [0.2, 0.25) is 0 Å². The van der Waals surface area contributed by atoms with Crippen LogP contribution in [0.25, 0.3) is 0 Å². The van der Waals surface area contributed by atoms with Crippen molar-refractivity contribution < 1.29 is 56.4 Å². The van der Waals surface area contributed by atoms with Gasteiger partial charge in [-0.05, 0) is 49.4 Å². The molecular weight excluding hydrogens is 853 g/mol. The maximum Gasteiger partial charge on any atom is 0.277 e. The number of aromatic nitrogens is 2. The number of rotatable bonds is 10. The van der Waals surface area contributed by atoms with E-state index in [4.69, 9.17) is 9.47 Å². The first kappa shape index (κ1) is 43.7. The van der Waals surface area contributed by atoms with Gasteiger partial charge < -0.3 is 40.1 Å². The predicted octanol–water partition coefficient (Wildman–Crippen LogP) is 1.73. The van der Waals surface area contributed by atoms with E-state index in [9.17, 15) is 52.2 Å². The highest BCUT2D eigenvalue weighted by atomic mass is 19.2. The zero-order valence-electron chi connectivity index (χ0n) is 34.2. The number of aromatic hydroxyl groups is 2. The Hall–Kier alpha value is -6.94. The molecule has 338 valence electrons. The van der Waals surface area contributed by atoms with Gasteiger partial charge in [-0.3, -0.25) is 48.1 Å². The molecule has 2 aromatic heterocycles. The maximum absolute atomic E-state index is 15.1. The number of nitrogens with one attached hydrogen (secondary N) is 2. The number of hydrogen-bond acceptors (Lipinski definition) is 12. The van der Waals surface area contributed by atoms with Crippen molar-refractivity contribution in [2.24, 2.45) is 0 Å². The third-order valence-corrected chi connectivity index (χ3v) is 11.8. The van der Waals surface area contributed by atoms with Gasteiger partial charge in [0.15, 0.2) is 46.2 Å². The number of benzene rings is 2. The molecule has 2 unspecified atom stereocenters. The first-order chi connectivity index (χ1) is 30.6. The highest BCUT2D eigenvalue weighted by Gasteiger charge is 2.38. The van der Waals surface area contributed by atoms with Crippen LogP contribution in [0.15, 0.2) is 52.3 Å². The summed E-state index contributed by atoms with van der Waals surface area (Å²) >= 11 is 0. The van der Waals surface area contributed by atoms with Crippen molar-refractivity contribution in [2.75, 3.05) is 56.6 Å². The molecule has 4 aliphatic heterocycles. The van der Waals surface area contributed by atoms with Crippen molar-refractivity contribution in [3.63, 3.8) is 0 Å². The second-order valence-corrected chi connectivity index (χ2v) is 15.8. The lowest BCUT2D eigenvalue weighted by Crippen LogP contribution is -2.57. The van der Waals surface area contributed by atoms with Crippen molar-refractivity contribution in [2.45, 2.75) is 57.6 Å². The Kier molecular flexibility index (Phi) is 12.1. The molecule has 64 heavy (non-hydrogen) atoms. The van der Waals surface area contributed by atoms with Crippen LogP contribution in [0.4, 0.5) is 17.6 Å². The van der Waals surface area contributed by atoms with Gasteiger partial charge in [0.2, 0.25) is 10.9 Å². The number of amides is 4. The van der Waals surface area contributed by atoms with Crippen LogP contribution < -0.4 is 31.5 Å². The SMILES string of the molecule is COC1CCN2CN(CC1)n1cc(C(=O)NCc3cc(COC4CCN5CN(CC4)n4cc(C(=O)NCc6cccc(F)c6F)c(=O)c(O)c4C5=O)cc(F)c3F)c(=O)c(O)c1C2=O. The van der Waals surface area contributed by atoms with Gasteiger partial charge in [-0.25, -0.2) is 17.6 Å². The third-order valence-electron chi connectivity index (χ3n) is 11.8. The van der Waals surface area contributed by atoms with Gasteiger partial charge in [0.25, 0.3) is 23.6 Å². The molecule has 4 bridgehead atoms. The Bertz CT molecular complexity index is 2700. The van der Waals surface area contributed by atoms with E-state index in [0.717, 1.165) is 24.5 Å². The number of halogens is 4. The number of pyridine rings is 2. The fourth-order valence-electron chi connectivity index (χ4n) is 8.24. The van der Waals surface area contributed by atoms with Gasteiger partial charge >= 0.3 is 0 Å². The Morgan fingerprint density at radius 1 is 0.688 bits per heavy atom. The van der Waals surface area contributed by atoms with E-state index in [0.29, 0.717) is 32.4 Å². The van der Waals surface area contributed by atoms with Gasteiger partial charge in [0, 0.05) is 69.9 Å². The highest BCUT2D eigenvalue weighted by molar-refractivity contribution is 6.00. The molecule has 0 spiro atoms. The fourth-order valence-corrected chi connectivity index (χ4v) is 8.24. The molecule has 18 nitrogen and oxygen atoms in total. The molecule has 8 rings (SSSR count). The Morgan fingerprint density at radius 3 is 1.75 bits per heavy atom. The minimum Gasteiger partial charge on any atom is -0.502 e. The number of methoxy groups -OCH3 is 1. The molecule has 4 aliphatic rings. The summed E-state index contributed by atoms with van der Waals surface area (Å²) in [6.45, 7) is -0.208. The van der Waals surface area contributed by atoms with Gasteiger partial charge in [-0.15, -0.1) is 0 Å². The molecule has 2 aromatic carbocycles. The van der Waals surface area contributed by atoms with Crippen LogP contribution in [0.1, 0.15) is 84.1 Å². The van der Waals surface area contributed by atoms with Crippen molar-refractivity contribution >= 4 is 23.6 Å². The summed E-state index contributed by atoms with van der Waals surface area (Å²) in [7, 11) is 1.56. The van der Waals surface area contributed by atoms with E-state index in [1.54, 1.807) is 17.1 Å². The van der Waals surface area contributed by atoms with Crippen LogP contribution in [0.3, 0.4) is 0 Å². The standard InChI is InChI=1S/C42H42F4N8O10/c1-63-25-5-9-49-20-51(11-7-25)53-18-28(36(56)37(57)33(53)41(49)61)40(60)48-16-24-13-22(14-30(44)32(24)46)19-64-26-6-10-50-21-52(12-8-26)54-17-27(35(55)38(58)34(54)42(50)62)39(59)47-15-23-3-2-4-29(43)31(23)45/h2-4,13-14,17-18,25-26,57-58H,5-12,15-16,19-21H2,1H3,(H,47,59)(H,48,60). The Labute approximate surface area is 360 Å². The zero-order chi connectivity index (χ0) is 45.6. The summed E-state index contributed by atoms with van der Waals surface area (Å²) in [6.07, 6.45) is 3.18. The summed E-state index contributed by atoms with van der Waals surface area (Å²) in [5.74, 6) is -10.1. The lowest BCUT2D eigenvalue weighted by molar-refractivity contribution is 0.0139. The second kappa shape index (κ2) is 17.7. The van der Waals surface area contributed by atoms with Gasteiger partial charge in [0.05, 0.1) is 18.8 Å². The molecule has 2 fully saturated rings. The molecule has 6 heterocycles. The molecule has 0 aliphatic carbocycles. The molecule has 2 atom stereocenters.